The van der Waals surface area contributed by atoms with Gasteiger partial charge >= 0.3 is 0 Å². The van der Waals surface area contributed by atoms with Crippen molar-refractivity contribution in [2.24, 2.45) is 0 Å². The molecule has 1 saturated heterocycles. The number of carbonyl (C=O) groups excluding carboxylic acids is 2. The molecule has 0 saturated carbocycles. The summed E-state index contributed by atoms with van der Waals surface area (Å²) in [5.41, 5.74) is 1.80. The van der Waals surface area contributed by atoms with E-state index in [1.807, 2.05) is 6.92 Å². The quantitative estimate of drug-likeness (QED) is 0.671. The standard InChI is InChI=1S/C22H28N2O5S/c1-15-7-9-19(30(27,28)24-11-5-4-6-12-24)14-21(15)23-22(26)10-8-18-13-20(16(2)25)17(3)29-18/h7,9,13-14H,4-6,8,10-12H2,1-3H3,(H,23,26). The minimum atomic E-state index is -3.57. The lowest BCUT2D eigenvalue weighted by molar-refractivity contribution is -0.116. The molecule has 1 aliphatic rings. The lowest BCUT2D eigenvalue weighted by Crippen LogP contribution is -2.35. The van der Waals surface area contributed by atoms with E-state index in [0.717, 1.165) is 24.8 Å². The van der Waals surface area contributed by atoms with E-state index in [9.17, 15) is 18.0 Å². The van der Waals surface area contributed by atoms with Crippen LogP contribution < -0.4 is 5.32 Å². The zero-order valence-corrected chi connectivity index (χ0v) is 18.5. The van der Waals surface area contributed by atoms with Crippen molar-refractivity contribution >= 4 is 27.4 Å². The number of Topliss-reactive ketones (excluding diaryl/α,β-unsaturated/α-hetero) is 1. The normalized spacial score (nSPS) is 15.2. The van der Waals surface area contributed by atoms with E-state index in [2.05, 4.69) is 5.32 Å². The molecule has 1 N–H and O–H groups in total. The number of amides is 1. The summed E-state index contributed by atoms with van der Waals surface area (Å²) in [6.07, 6.45) is 3.29. The first-order chi connectivity index (χ1) is 14.2. The number of furan rings is 1. The van der Waals surface area contributed by atoms with E-state index in [1.54, 1.807) is 25.1 Å². The topological polar surface area (TPSA) is 96.7 Å². The molecule has 0 radical (unpaired) electrons. The fourth-order valence-corrected chi connectivity index (χ4v) is 5.16. The van der Waals surface area contributed by atoms with Crippen molar-refractivity contribution < 1.29 is 22.4 Å². The molecule has 1 aromatic carbocycles. The molecule has 8 heteroatoms. The number of benzene rings is 1. The van der Waals surface area contributed by atoms with Crippen LogP contribution in [0, 0.1) is 13.8 Å². The minimum Gasteiger partial charge on any atom is -0.466 e. The number of piperidine rings is 1. The molecule has 0 spiro atoms. The lowest BCUT2D eigenvalue weighted by Gasteiger charge is -2.26. The van der Waals surface area contributed by atoms with Gasteiger partial charge in [-0.1, -0.05) is 12.5 Å². The molecule has 2 heterocycles. The first kappa shape index (κ1) is 22.2. The van der Waals surface area contributed by atoms with Crippen molar-refractivity contribution in [3.05, 3.63) is 46.9 Å². The van der Waals surface area contributed by atoms with Gasteiger partial charge in [-0.05, 0) is 57.4 Å². The Morgan fingerprint density at radius 3 is 2.43 bits per heavy atom. The number of nitrogens with zero attached hydrogens (tertiary/aromatic N) is 1. The first-order valence-electron chi connectivity index (χ1n) is 10.2. The maximum atomic E-state index is 12.9. The molecular weight excluding hydrogens is 404 g/mol. The fourth-order valence-electron chi connectivity index (χ4n) is 3.62. The summed E-state index contributed by atoms with van der Waals surface area (Å²) in [5, 5.41) is 2.81. The van der Waals surface area contributed by atoms with Crippen LogP contribution in [0.15, 0.2) is 33.6 Å². The van der Waals surface area contributed by atoms with Gasteiger partial charge in [-0.2, -0.15) is 4.31 Å². The smallest absolute Gasteiger partial charge is 0.243 e. The Morgan fingerprint density at radius 2 is 1.80 bits per heavy atom. The molecule has 1 aliphatic heterocycles. The number of hydrogen-bond acceptors (Lipinski definition) is 5. The van der Waals surface area contributed by atoms with Gasteiger partial charge in [0.2, 0.25) is 15.9 Å². The Bertz CT molecular complexity index is 1050. The van der Waals surface area contributed by atoms with E-state index < -0.39 is 10.0 Å². The van der Waals surface area contributed by atoms with Crippen LogP contribution in [0.2, 0.25) is 0 Å². The summed E-state index contributed by atoms with van der Waals surface area (Å²) in [6, 6.07) is 6.50. The van der Waals surface area contributed by atoms with E-state index in [-0.39, 0.29) is 23.0 Å². The Kier molecular flexibility index (Phi) is 6.77. The van der Waals surface area contributed by atoms with Crippen LogP contribution in [0.1, 0.15) is 60.0 Å². The Hall–Kier alpha value is -2.45. The molecule has 0 atom stereocenters. The van der Waals surface area contributed by atoms with Crippen molar-refractivity contribution in [1.82, 2.24) is 4.31 Å². The van der Waals surface area contributed by atoms with E-state index >= 15 is 0 Å². The fraction of sp³-hybridized carbons (Fsp3) is 0.455. The molecule has 3 rings (SSSR count). The summed E-state index contributed by atoms with van der Waals surface area (Å²) in [4.78, 5) is 24.2. The molecule has 1 fully saturated rings. The van der Waals surface area contributed by atoms with E-state index in [4.69, 9.17) is 4.42 Å². The number of aryl methyl sites for hydroxylation is 3. The van der Waals surface area contributed by atoms with Gasteiger partial charge in [-0.15, -0.1) is 0 Å². The molecule has 0 unspecified atom stereocenters. The second kappa shape index (κ2) is 9.14. The number of nitrogens with one attached hydrogen (secondary N) is 1. The number of ketones is 1. The molecule has 0 bridgehead atoms. The Labute approximate surface area is 177 Å². The maximum absolute atomic E-state index is 12.9. The predicted octanol–water partition coefficient (Wildman–Crippen LogP) is 3.84. The summed E-state index contributed by atoms with van der Waals surface area (Å²) >= 11 is 0. The third-order valence-electron chi connectivity index (χ3n) is 5.38. The van der Waals surface area contributed by atoms with Crippen molar-refractivity contribution in [2.45, 2.75) is 57.8 Å². The zero-order valence-electron chi connectivity index (χ0n) is 17.7. The van der Waals surface area contributed by atoms with Crippen molar-refractivity contribution in [3.63, 3.8) is 0 Å². The molecule has 30 heavy (non-hydrogen) atoms. The van der Waals surface area contributed by atoms with Crippen molar-refractivity contribution in [2.75, 3.05) is 18.4 Å². The highest BCUT2D eigenvalue weighted by Crippen LogP contribution is 2.25. The molecule has 0 aliphatic carbocycles. The van der Waals surface area contributed by atoms with Crippen LogP contribution in [0.3, 0.4) is 0 Å². The summed E-state index contributed by atoms with van der Waals surface area (Å²) in [7, 11) is -3.57. The van der Waals surface area contributed by atoms with Gasteiger partial charge in [0.1, 0.15) is 11.5 Å². The molecular formula is C22H28N2O5S. The highest BCUT2D eigenvalue weighted by Gasteiger charge is 2.26. The van der Waals surface area contributed by atoms with Gasteiger partial charge in [0.25, 0.3) is 0 Å². The molecule has 162 valence electrons. The van der Waals surface area contributed by atoms with E-state index in [0.29, 0.717) is 42.3 Å². The number of sulfonamides is 1. The van der Waals surface area contributed by atoms with Crippen molar-refractivity contribution in [1.29, 1.82) is 0 Å². The van der Waals surface area contributed by atoms with Gasteiger partial charge in [-0.3, -0.25) is 9.59 Å². The first-order valence-corrected chi connectivity index (χ1v) is 11.6. The monoisotopic (exact) mass is 432 g/mol. The van der Waals surface area contributed by atoms with Crippen molar-refractivity contribution in [3.8, 4) is 0 Å². The molecule has 1 aromatic heterocycles. The van der Waals surface area contributed by atoms with Gasteiger partial charge < -0.3 is 9.73 Å². The largest absolute Gasteiger partial charge is 0.466 e. The average molecular weight is 433 g/mol. The second-order valence-corrected chi connectivity index (χ2v) is 9.67. The van der Waals surface area contributed by atoms with Gasteiger partial charge in [-0.25, -0.2) is 8.42 Å². The third kappa shape index (κ3) is 4.99. The van der Waals surface area contributed by atoms with Gasteiger partial charge in [0.15, 0.2) is 5.78 Å². The van der Waals surface area contributed by atoms with Crippen LogP contribution in [0.4, 0.5) is 5.69 Å². The molecule has 7 nitrogen and oxygen atoms in total. The second-order valence-electron chi connectivity index (χ2n) is 7.73. The average Bonchev–Trinajstić information content (AvgIpc) is 3.09. The molecule has 2 aromatic rings. The van der Waals surface area contributed by atoms with Crippen LogP contribution in [-0.2, 0) is 21.2 Å². The summed E-state index contributed by atoms with van der Waals surface area (Å²) in [5.74, 6) is 0.800. The van der Waals surface area contributed by atoms with E-state index in [1.165, 1.54) is 17.3 Å². The van der Waals surface area contributed by atoms with Crippen LogP contribution in [0.25, 0.3) is 0 Å². The number of rotatable bonds is 7. The summed E-state index contributed by atoms with van der Waals surface area (Å²) in [6.45, 7) is 6.08. The van der Waals surface area contributed by atoms with Gasteiger partial charge in [0.05, 0.1) is 10.5 Å². The molecule has 1 amide bonds. The van der Waals surface area contributed by atoms with Crippen LogP contribution in [-0.4, -0.2) is 37.5 Å². The third-order valence-corrected chi connectivity index (χ3v) is 7.28. The highest BCUT2D eigenvalue weighted by molar-refractivity contribution is 7.89. The number of hydrogen-bond donors (Lipinski definition) is 1. The predicted molar refractivity (Wildman–Crippen MR) is 114 cm³/mol. The summed E-state index contributed by atoms with van der Waals surface area (Å²) < 4.78 is 32.9. The lowest BCUT2D eigenvalue weighted by atomic mass is 10.1. The zero-order chi connectivity index (χ0) is 21.9. The van der Waals surface area contributed by atoms with Crippen LogP contribution >= 0.6 is 0 Å². The minimum absolute atomic E-state index is 0.0747. The number of anilines is 1. The number of carbonyl (C=O) groups is 2. The Balaban J connectivity index is 1.68. The Morgan fingerprint density at radius 1 is 1.10 bits per heavy atom. The van der Waals surface area contributed by atoms with Crippen LogP contribution in [0.5, 0.6) is 0 Å². The highest BCUT2D eigenvalue weighted by atomic mass is 32.2. The SMILES string of the molecule is CC(=O)c1cc(CCC(=O)Nc2cc(S(=O)(=O)N3CCCCC3)ccc2C)oc1C. The maximum Gasteiger partial charge on any atom is 0.243 e. The van der Waals surface area contributed by atoms with Gasteiger partial charge in [0, 0.05) is 31.6 Å².